The zero-order valence-electron chi connectivity index (χ0n) is 11.6. The van der Waals surface area contributed by atoms with Gasteiger partial charge in [-0.05, 0) is 19.9 Å². The first-order valence-corrected chi connectivity index (χ1v) is 7.39. The molecule has 0 aliphatic rings. The average Bonchev–Trinajstić information content (AvgIpc) is 3.02. The molecule has 0 radical (unpaired) electrons. The molecule has 1 N–H and O–H groups in total. The second-order valence-corrected chi connectivity index (χ2v) is 5.26. The van der Waals surface area contributed by atoms with E-state index in [1.165, 1.54) is 11.3 Å². The van der Waals surface area contributed by atoms with Gasteiger partial charge in [-0.3, -0.25) is 9.48 Å². The van der Waals surface area contributed by atoms with Gasteiger partial charge in [0.2, 0.25) is 0 Å². The maximum absolute atomic E-state index is 11.4. The van der Waals surface area contributed by atoms with Gasteiger partial charge >= 0.3 is 5.97 Å². The number of nitrogens with zero attached hydrogens (tertiary/aromatic N) is 3. The van der Waals surface area contributed by atoms with Crippen molar-refractivity contribution in [1.82, 2.24) is 14.8 Å². The Labute approximate surface area is 121 Å². The number of carbonyl (C=O) groups is 1. The smallest absolute Gasteiger partial charge is 0.311 e. The van der Waals surface area contributed by atoms with Crippen LogP contribution in [0.15, 0.2) is 23.8 Å². The second-order valence-electron chi connectivity index (χ2n) is 4.40. The molecule has 7 heteroatoms. The van der Waals surface area contributed by atoms with Crippen LogP contribution in [0.4, 0.5) is 5.13 Å². The Hall–Kier alpha value is -1.89. The first-order chi connectivity index (χ1) is 9.67. The third-order valence-electron chi connectivity index (χ3n) is 2.57. The van der Waals surface area contributed by atoms with Crippen molar-refractivity contribution in [3.8, 4) is 0 Å². The highest BCUT2D eigenvalue weighted by Crippen LogP contribution is 2.17. The molecule has 2 aromatic heterocycles. The molecule has 0 aliphatic heterocycles. The lowest BCUT2D eigenvalue weighted by molar-refractivity contribution is -0.142. The van der Waals surface area contributed by atoms with Gasteiger partial charge in [-0.2, -0.15) is 5.10 Å². The summed E-state index contributed by atoms with van der Waals surface area (Å²) in [6, 6.07) is 2.10. The minimum absolute atomic E-state index is 0.205. The van der Waals surface area contributed by atoms with Crippen LogP contribution in [0, 0.1) is 0 Å². The lowest BCUT2D eigenvalue weighted by atomic mass is 10.3. The molecule has 0 bridgehead atoms. The van der Waals surface area contributed by atoms with Gasteiger partial charge in [0.15, 0.2) is 5.13 Å². The van der Waals surface area contributed by atoms with Crippen LogP contribution in [0.1, 0.15) is 19.5 Å². The molecule has 2 rings (SSSR count). The first-order valence-electron chi connectivity index (χ1n) is 6.51. The summed E-state index contributed by atoms with van der Waals surface area (Å²) >= 11 is 1.49. The van der Waals surface area contributed by atoms with E-state index in [1.807, 2.05) is 22.3 Å². The van der Waals surface area contributed by atoms with E-state index in [0.29, 0.717) is 6.61 Å². The third kappa shape index (κ3) is 4.34. The van der Waals surface area contributed by atoms with Crippen LogP contribution in [0.25, 0.3) is 0 Å². The number of esters is 1. The van der Waals surface area contributed by atoms with Crippen molar-refractivity contribution >= 4 is 22.4 Å². The van der Waals surface area contributed by atoms with E-state index in [4.69, 9.17) is 4.74 Å². The van der Waals surface area contributed by atoms with Crippen molar-refractivity contribution in [2.75, 3.05) is 11.9 Å². The second kappa shape index (κ2) is 7.04. The van der Waals surface area contributed by atoms with Gasteiger partial charge in [0.25, 0.3) is 0 Å². The highest BCUT2D eigenvalue weighted by Gasteiger charge is 2.10. The lowest BCUT2D eigenvalue weighted by Crippen LogP contribution is -2.22. The number of ether oxygens (including phenoxy) is 1. The van der Waals surface area contributed by atoms with Crippen molar-refractivity contribution in [1.29, 1.82) is 0 Å². The molecule has 2 aromatic rings. The molecule has 0 aromatic carbocycles. The van der Waals surface area contributed by atoms with E-state index in [2.05, 4.69) is 22.3 Å². The van der Waals surface area contributed by atoms with Gasteiger partial charge in [0.05, 0.1) is 25.3 Å². The van der Waals surface area contributed by atoms with Crippen molar-refractivity contribution in [3.63, 3.8) is 0 Å². The average molecular weight is 294 g/mol. The largest absolute Gasteiger partial charge is 0.466 e. The molecule has 20 heavy (non-hydrogen) atoms. The monoisotopic (exact) mass is 294 g/mol. The van der Waals surface area contributed by atoms with Crippen LogP contribution < -0.4 is 5.32 Å². The van der Waals surface area contributed by atoms with Crippen molar-refractivity contribution in [3.05, 3.63) is 29.5 Å². The summed E-state index contributed by atoms with van der Waals surface area (Å²) < 4.78 is 6.77. The van der Waals surface area contributed by atoms with Crippen LogP contribution >= 0.6 is 11.3 Å². The Morgan fingerprint density at radius 1 is 1.60 bits per heavy atom. The van der Waals surface area contributed by atoms with Crippen molar-refractivity contribution in [2.45, 2.75) is 32.9 Å². The SMILES string of the molecule is CCOC(=O)Cc1csc(NC(C)Cn2cccn2)n1. The molecule has 2 heterocycles. The Morgan fingerprint density at radius 2 is 2.45 bits per heavy atom. The molecule has 0 spiro atoms. The van der Waals surface area contributed by atoms with Crippen LogP contribution in [0.3, 0.4) is 0 Å². The molecule has 0 saturated carbocycles. The Morgan fingerprint density at radius 3 is 3.15 bits per heavy atom. The Bertz CT molecular complexity index is 538. The maximum Gasteiger partial charge on any atom is 0.311 e. The highest BCUT2D eigenvalue weighted by molar-refractivity contribution is 7.13. The van der Waals surface area contributed by atoms with Gasteiger partial charge in [0.1, 0.15) is 0 Å². The molecule has 0 amide bonds. The van der Waals surface area contributed by atoms with E-state index in [0.717, 1.165) is 17.4 Å². The van der Waals surface area contributed by atoms with Gasteiger partial charge in [0, 0.05) is 23.8 Å². The molecular weight excluding hydrogens is 276 g/mol. The number of thiazole rings is 1. The topological polar surface area (TPSA) is 69.0 Å². The number of anilines is 1. The Balaban J connectivity index is 1.84. The number of rotatable bonds is 7. The lowest BCUT2D eigenvalue weighted by Gasteiger charge is -2.12. The van der Waals surface area contributed by atoms with Crippen LogP contribution in [-0.4, -0.2) is 33.4 Å². The summed E-state index contributed by atoms with van der Waals surface area (Å²) in [5.74, 6) is -0.242. The van der Waals surface area contributed by atoms with Crippen molar-refractivity contribution in [2.24, 2.45) is 0 Å². The van der Waals surface area contributed by atoms with E-state index in [1.54, 1.807) is 13.1 Å². The first kappa shape index (κ1) is 14.5. The molecule has 0 saturated heterocycles. The number of hydrogen-bond donors (Lipinski definition) is 1. The zero-order valence-corrected chi connectivity index (χ0v) is 12.4. The number of carbonyl (C=O) groups excluding carboxylic acids is 1. The third-order valence-corrected chi connectivity index (χ3v) is 3.39. The zero-order chi connectivity index (χ0) is 14.4. The minimum Gasteiger partial charge on any atom is -0.466 e. The molecule has 0 fully saturated rings. The number of aromatic nitrogens is 3. The number of hydrogen-bond acceptors (Lipinski definition) is 6. The standard InChI is InChI=1S/C13H18N4O2S/c1-3-19-12(18)7-11-9-20-13(16-11)15-10(2)8-17-6-4-5-14-17/h4-6,9-10H,3,7-8H2,1-2H3,(H,15,16). The maximum atomic E-state index is 11.4. The van der Waals surface area contributed by atoms with E-state index in [-0.39, 0.29) is 18.4 Å². The molecule has 0 aliphatic carbocycles. The molecule has 1 atom stereocenters. The van der Waals surface area contributed by atoms with E-state index < -0.39 is 0 Å². The Kier molecular flexibility index (Phi) is 5.11. The fourth-order valence-electron chi connectivity index (χ4n) is 1.76. The van der Waals surface area contributed by atoms with Crippen molar-refractivity contribution < 1.29 is 9.53 Å². The summed E-state index contributed by atoms with van der Waals surface area (Å²) in [7, 11) is 0. The fourth-order valence-corrected chi connectivity index (χ4v) is 2.58. The van der Waals surface area contributed by atoms with Crippen LogP contribution in [0.2, 0.25) is 0 Å². The molecule has 6 nitrogen and oxygen atoms in total. The quantitative estimate of drug-likeness (QED) is 0.790. The summed E-state index contributed by atoms with van der Waals surface area (Å²) in [5, 5.41) is 10.1. The van der Waals surface area contributed by atoms with E-state index >= 15 is 0 Å². The van der Waals surface area contributed by atoms with Crippen LogP contribution in [-0.2, 0) is 22.5 Å². The molecule has 1 unspecified atom stereocenters. The minimum atomic E-state index is -0.242. The fraction of sp³-hybridized carbons (Fsp3) is 0.462. The van der Waals surface area contributed by atoms with Gasteiger partial charge in [-0.15, -0.1) is 11.3 Å². The van der Waals surface area contributed by atoms with Gasteiger partial charge in [-0.1, -0.05) is 0 Å². The normalized spacial score (nSPS) is 12.1. The molecular formula is C13H18N4O2S. The van der Waals surface area contributed by atoms with E-state index in [9.17, 15) is 4.79 Å². The predicted molar refractivity (Wildman–Crippen MR) is 77.8 cm³/mol. The number of nitrogens with one attached hydrogen (secondary N) is 1. The summed E-state index contributed by atoms with van der Waals surface area (Å²) in [4.78, 5) is 15.7. The predicted octanol–water partition coefficient (Wildman–Crippen LogP) is 1.95. The van der Waals surface area contributed by atoms with Gasteiger partial charge in [-0.25, -0.2) is 4.98 Å². The summed E-state index contributed by atoms with van der Waals surface area (Å²) in [6.07, 6.45) is 3.90. The highest BCUT2D eigenvalue weighted by atomic mass is 32.1. The van der Waals surface area contributed by atoms with Gasteiger partial charge < -0.3 is 10.1 Å². The summed E-state index contributed by atoms with van der Waals surface area (Å²) in [5.41, 5.74) is 0.738. The summed E-state index contributed by atoms with van der Waals surface area (Å²) in [6.45, 7) is 5.02. The molecule has 108 valence electrons. The van der Waals surface area contributed by atoms with Crippen LogP contribution in [0.5, 0.6) is 0 Å².